The number of carbonyl (C=O) groups is 1. The molecule has 0 radical (unpaired) electrons. The highest BCUT2D eigenvalue weighted by Gasteiger charge is 2.24. The molecular formula is C25H25BrN2O3. The lowest BCUT2D eigenvalue weighted by atomic mass is 9.95. The summed E-state index contributed by atoms with van der Waals surface area (Å²) in [5, 5.41) is 13.8. The van der Waals surface area contributed by atoms with Crippen molar-refractivity contribution in [2.75, 3.05) is 0 Å². The summed E-state index contributed by atoms with van der Waals surface area (Å²) in [7, 11) is 0. The fourth-order valence-electron chi connectivity index (χ4n) is 3.99. The number of aliphatic carboxylic acids is 1. The van der Waals surface area contributed by atoms with Crippen molar-refractivity contribution in [1.29, 1.82) is 0 Å². The highest BCUT2D eigenvalue weighted by molar-refractivity contribution is 9.10. The van der Waals surface area contributed by atoms with Crippen LogP contribution in [0, 0.1) is 0 Å². The van der Waals surface area contributed by atoms with E-state index < -0.39 is 5.97 Å². The summed E-state index contributed by atoms with van der Waals surface area (Å²) in [4.78, 5) is 11.0. The molecule has 0 spiro atoms. The lowest BCUT2D eigenvalue weighted by molar-refractivity contribution is -0.131. The van der Waals surface area contributed by atoms with Gasteiger partial charge in [-0.1, -0.05) is 49.6 Å². The fourth-order valence-corrected chi connectivity index (χ4v) is 4.61. The van der Waals surface area contributed by atoms with Crippen molar-refractivity contribution in [1.82, 2.24) is 9.78 Å². The Kier molecular flexibility index (Phi) is 6.87. The molecule has 1 fully saturated rings. The summed E-state index contributed by atoms with van der Waals surface area (Å²) < 4.78 is 8.81. The average Bonchev–Trinajstić information content (AvgIpc) is 3.14. The molecule has 0 saturated heterocycles. The first-order chi connectivity index (χ1) is 15.1. The van der Waals surface area contributed by atoms with Crippen LogP contribution in [0.4, 0.5) is 0 Å². The number of rotatable bonds is 7. The van der Waals surface area contributed by atoms with Crippen molar-refractivity contribution in [2.24, 2.45) is 0 Å². The van der Waals surface area contributed by atoms with Gasteiger partial charge in [-0.2, -0.15) is 5.10 Å². The lowest BCUT2D eigenvalue weighted by Crippen LogP contribution is -2.15. The maximum absolute atomic E-state index is 11.0. The van der Waals surface area contributed by atoms with Crippen molar-refractivity contribution < 1.29 is 14.6 Å². The molecule has 1 N–H and O–H groups in total. The standard InChI is InChI=1S/C25H25BrN2O3/c26-24-22(15-16-23(29)30)27-28(20-9-5-2-6-10-20)25(24)19-11-13-21(14-12-19)31-17-18-7-3-1-4-8-18/h1,3-4,7-8,11-16,20H,2,5-6,9-10,17H2,(H,29,30)/b16-15+. The van der Waals surface area contributed by atoms with E-state index in [9.17, 15) is 4.79 Å². The fraction of sp³-hybridized carbons (Fsp3) is 0.280. The van der Waals surface area contributed by atoms with Crippen LogP contribution in [0.2, 0.25) is 0 Å². The van der Waals surface area contributed by atoms with Gasteiger partial charge in [-0.15, -0.1) is 0 Å². The Morgan fingerprint density at radius 1 is 1.10 bits per heavy atom. The van der Waals surface area contributed by atoms with E-state index in [-0.39, 0.29) is 0 Å². The van der Waals surface area contributed by atoms with Crippen LogP contribution < -0.4 is 4.74 Å². The molecule has 0 aliphatic heterocycles. The normalized spacial score (nSPS) is 14.7. The Morgan fingerprint density at radius 2 is 1.81 bits per heavy atom. The Bertz CT molecular complexity index is 1050. The first-order valence-corrected chi connectivity index (χ1v) is 11.4. The molecule has 0 amide bonds. The molecule has 1 aromatic heterocycles. The Labute approximate surface area is 190 Å². The number of hydrogen-bond donors (Lipinski definition) is 1. The topological polar surface area (TPSA) is 64.3 Å². The van der Waals surface area contributed by atoms with Gasteiger partial charge < -0.3 is 9.84 Å². The molecule has 0 atom stereocenters. The van der Waals surface area contributed by atoms with E-state index in [1.54, 1.807) is 6.08 Å². The number of halogens is 1. The second-order valence-corrected chi connectivity index (χ2v) is 8.55. The van der Waals surface area contributed by atoms with Crippen molar-refractivity contribution in [3.8, 4) is 17.0 Å². The summed E-state index contributed by atoms with van der Waals surface area (Å²) >= 11 is 3.68. The minimum atomic E-state index is -0.986. The Hall–Kier alpha value is -2.86. The zero-order valence-corrected chi connectivity index (χ0v) is 18.8. The van der Waals surface area contributed by atoms with Crippen LogP contribution in [0.5, 0.6) is 5.75 Å². The molecule has 2 aromatic carbocycles. The summed E-state index contributed by atoms with van der Waals surface area (Å²) in [5.74, 6) is -0.181. The smallest absolute Gasteiger partial charge is 0.328 e. The molecule has 1 aliphatic carbocycles. The summed E-state index contributed by atoms with van der Waals surface area (Å²) in [5.41, 5.74) is 3.76. The molecule has 5 nitrogen and oxygen atoms in total. The maximum Gasteiger partial charge on any atom is 0.328 e. The van der Waals surface area contributed by atoms with Gasteiger partial charge in [-0.25, -0.2) is 4.79 Å². The number of carboxylic acids is 1. The first kappa shape index (κ1) is 21.4. The molecule has 3 aromatic rings. The second kappa shape index (κ2) is 9.96. The molecule has 1 heterocycles. The quantitative estimate of drug-likeness (QED) is 0.392. The highest BCUT2D eigenvalue weighted by atomic mass is 79.9. The molecule has 31 heavy (non-hydrogen) atoms. The molecular weight excluding hydrogens is 456 g/mol. The van der Waals surface area contributed by atoms with E-state index in [0.29, 0.717) is 18.3 Å². The second-order valence-electron chi connectivity index (χ2n) is 7.75. The van der Waals surface area contributed by atoms with Crippen molar-refractivity contribution in [2.45, 2.75) is 44.8 Å². The monoisotopic (exact) mass is 480 g/mol. The minimum Gasteiger partial charge on any atom is -0.489 e. The number of hydrogen-bond acceptors (Lipinski definition) is 3. The van der Waals surface area contributed by atoms with Gasteiger partial charge in [0, 0.05) is 11.6 Å². The van der Waals surface area contributed by atoms with Gasteiger partial charge in [0.1, 0.15) is 18.1 Å². The Morgan fingerprint density at radius 3 is 2.48 bits per heavy atom. The number of benzene rings is 2. The zero-order chi connectivity index (χ0) is 21.6. The van der Waals surface area contributed by atoms with Gasteiger partial charge in [0.15, 0.2) is 0 Å². The molecule has 4 rings (SSSR count). The molecule has 1 aliphatic rings. The third kappa shape index (κ3) is 5.25. The highest BCUT2D eigenvalue weighted by Crippen LogP contribution is 2.38. The zero-order valence-electron chi connectivity index (χ0n) is 17.2. The van der Waals surface area contributed by atoms with E-state index in [1.807, 2.05) is 54.6 Å². The van der Waals surface area contributed by atoms with Crippen molar-refractivity contribution >= 4 is 28.0 Å². The van der Waals surface area contributed by atoms with Crippen LogP contribution in [0.25, 0.3) is 17.3 Å². The van der Waals surface area contributed by atoms with Crippen LogP contribution in [0.3, 0.4) is 0 Å². The average molecular weight is 481 g/mol. The molecule has 0 unspecified atom stereocenters. The van der Waals surface area contributed by atoms with Crippen LogP contribution in [-0.2, 0) is 11.4 Å². The summed E-state index contributed by atoms with van der Waals surface area (Å²) in [6, 6.07) is 18.4. The van der Waals surface area contributed by atoms with E-state index in [0.717, 1.165) is 46.0 Å². The number of ether oxygens (including phenoxy) is 1. The van der Waals surface area contributed by atoms with Crippen LogP contribution in [-0.4, -0.2) is 20.9 Å². The van der Waals surface area contributed by atoms with Gasteiger partial charge >= 0.3 is 5.97 Å². The molecule has 6 heteroatoms. The Balaban J connectivity index is 1.61. The molecule has 0 bridgehead atoms. The number of aromatic nitrogens is 2. The van der Waals surface area contributed by atoms with E-state index in [1.165, 1.54) is 19.3 Å². The van der Waals surface area contributed by atoms with Gasteiger partial charge in [0.05, 0.1) is 16.2 Å². The predicted octanol–water partition coefficient (Wildman–Crippen LogP) is 6.49. The van der Waals surface area contributed by atoms with Crippen molar-refractivity contribution in [3.63, 3.8) is 0 Å². The third-order valence-electron chi connectivity index (χ3n) is 5.56. The maximum atomic E-state index is 11.0. The third-order valence-corrected chi connectivity index (χ3v) is 6.34. The van der Waals surface area contributed by atoms with Crippen LogP contribution in [0.15, 0.2) is 65.1 Å². The van der Waals surface area contributed by atoms with Gasteiger partial charge in [-0.05, 0) is 64.7 Å². The SMILES string of the molecule is O=C(O)/C=C/c1nn(C2CCCCC2)c(-c2ccc(OCc3ccccc3)cc2)c1Br. The van der Waals surface area contributed by atoms with Crippen molar-refractivity contribution in [3.05, 3.63) is 76.4 Å². The lowest BCUT2D eigenvalue weighted by Gasteiger charge is -2.24. The first-order valence-electron chi connectivity index (χ1n) is 10.6. The number of carboxylic acid groups (broad SMARTS) is 1. The van der Waals surface area contributed by atoms with E-state index >= 15 is 0 Å². The van der Waals surface area contributed by atoms with Crippen LogP contribution >= 0.6 is 15.9 Å². The largest absolute Gasteiger partial charge is 0.489 e. The minimum absolute atomic E-state index is 0.320. The van der Waals surface area contributed by atoms with Crippen LogP contribution in [0.1, 0.15) is 49.4 Å². The van der Waals surface area contributed by atoms with Gasteiger partial charge in [0.25, 0.3) is 0 Å². The van der Waals surface area contributed by atoms with Gasteiger partial charge in [-0.3, -0.25) is 4.68 Å². The predicted molar refractivity (Wildman–Crippen MR) is 125 cm³/mol. The molecule has 160 valence electrons. The number of nitrogens with zero attached hydrogens (tertiary/aromatic N) is 2. The summed E-state index contributed by atoms with van der Waals surface area (Å²) in [6.07, 6.45) is 8.48. The van der Waals surface area contributed by atoms with Gasteiger partial charge in [0.2, 0.25) is 0 Å². The van der Waals surface area contributed by atoms with E-state index in [2.05, 4.69) is 20.6 Å². The van der Waals surface area contributed by atoms with E-state index in [4.69, 9.17) is 14.9 Å². The summed E-state index contributed by atoms with van der Waals surface area (Å²) in [6.45, 7) is 0.522. The molecule has 1 saturated carbocycles.